The molecule has 6 heteroatoms. The Labute approximate surface area is 135 Å². The summed E-state index contributed by atoms with van der Waals surface area (Å²) in [7, 11) is 1.55. The number of likely N-dealkylation sites (N-methyl/N-ethyl adjacent to an activating group) is 1. The van der Waals surface area contributed by atoms with E-state index in [0.717, 1.165) is 5.56 Å². The largest absolute Gasteiger partial charge is 0.481 e. The van der Waals surface area contributed by atoms with E-state index >= 15 is 0 Å². The molecule has 0 fully saturated rings. The number of carbonyl (C=O) groups is 2. The molecule has 1 atom stereocenters. The summed E-state index contributed by atoms with van der Waals surface area (Å²) in [6.45, 7) is 5.30. The molecule has 0 aliphatic heterocycles. The van der Waals surface area contributed by atoms with Crippen molar-refractivity contribution >= 4 is 23.7 Å². The second-order valence-corrected chi connectivity index (χ2v) is 6.61. The molecule has 0 bridgehead atoms. The van der Waals surface area contributed by atoms with E-state index in [1.54, 1.807) is 40.0 Å². The molecule has 22 heavy (non-hydrogen) atoms. The zero-order valence-corrected chi connectivity index (χ0v) is 14.1. The number of carboxylic acids is 1. The number of ether oxygens (including phenoxy) is 1. The Hall–Kier alpha value is -1.75. The van der Waals surface area contributed by atoms with Crippen molar-refractivity contribution < 1.29 is 19.4 Å². The third-order valence-corrected chi connectivity index (χ3v) is 3.28. The van der Waals surface area contributed by atoms with Crippen LogP contribution in [0, 0.1) is 0 Å². The second kappa shape index (κ2) is 7.49. The Morgan fingerprint density at radius 2 is 1.82 bits per heavy atom. The molecule has 0 aromatic heterocycles. The van der Waals surface area contributed by atoms with Crippen molar-refractivity contribution in [3.05, 3.63) is 34.9 Å². The Balaban J connectivity index is 2.85. The third kappa shape index (κ3) is 6.35. The molecule has 0 saturated heterocycles. The average molecular weight is 328 g/mol. The molecule has 1 N–H and O–H groups in total. The Bertz CT molecular complexity index is 522. The highest BCUT2D eigenvalue weighted by Crippen LogP contribution is 2.17. The first-order chi connectivity index (χ1) is 10.1. The molecule has 0 heterocycles. The normalized spacial score (nSPS) is 12.6. The number of nitrogens with zero attached hydrogens (tertiary/aromatic N) is 1. The molecule has 0 aliphatic rings. The minimum atomic E-state index is -0.964. The fourth-order valence-corrected chi connectivity index (χ4v) is 2.05. The molecule has 1 amide bonds. The summed E-state index contributed by atoms with van der Waals surface area (Å²) < 4.78 is 5.29. The smallest absolute Gasteiger partial charge is 0.410 e. The zero-order chi connectivity index (χ0) is 16.9. The van der Waals surface area contributed by atoms with E-state index in [4.69, 9.17) is 21.4 Å². The maximum Gasteiger partial charge on any atom is 0.410 e. The van der Waals surface area contributed by atoms with Crippen LogP contribution >= 0.6 is 11.6 Å². The Kier molecular flexibility index (Phi) is 6.23. The number of carboxylic acid groups (broad SMARTS) is 1. The molecule has 0 saturated carbocycles. The van der Waals surface area contributed by atoms with E-state index in [2.05, 4.69) is 0 Å². The van der Waals surface area contributed by atoms with Gasteiger partial charge < -0.3 is 14.7 Å². The highest BCUT2D eigenvalue weighted by molar-refractivity contribution is 6.30. The third-order valence-electron chi connectivity index (χ3n) is 3.02. The lowest BCUT2D eigenvalue weighted by Crippen LogP contribution is -2.42. The molecule has 1 aromatic carbocycles. The van der Waals surface area contributed by atoms with E-state index < -0.39 is 23.7 Å². The van der Waals surface area contributed by atoms with E-state index in [1.807, 2.05) is 12.1 Å². The van der Waals surface area contributed by atoms with Crippen molar-refractivity contribution in [2.45, 2.75) is 45.3 Å². The molecule has 0 radical (unpaired) electrons. The van der Waals surface area contributed by atoms with Crippen molar-refractivity contribution in [2.24, 2.45) is 0 Å². The molecular formula is C16H22ClNO4. The van der Waals surface area contributed by atoms with Crippen LogP contribution in [-0.2, 0) is 16.0 Å². The van der Waals surface area contributed by atoms with Crippen molar-refractivity contribution in [1.29, 1.82) is 0 Å². The maximum atomic E-state index is 12.1. The fraction of sp³-hybridized carbons (Fsp3) is 0.500. The van der Waals surface area contributed by atoms with Crippen molar-refractivity contribution in [3.63, 3.8) is 0 Å². The van der Waals surface area contributed by atoms with Gasteiger partial charge in [-0.1, -0.05) is 23.7 Å². The van der Waals surface area contributed by atoms with Gasteiger partial charge in [-0.05, 0) is 44.9 Å². The van der Waals surface area contributed by atoms with E-state index in [-0.39, 0.29) is 6.42 Å². The van der Waals surface area contributed by atoms with Crippen LogP contribution in [0.3, 0.4) is 0 Å². The fourth-order valence-electron chi connectivity index (χ4n) is 1.92. The van der Waals surface area contributed by atoms with Gasteiger partial charge in [-0.15, -0.1) is 0 Å². The number of benzene rings is 1. The summed E-state index contributed by atoms with van der Waals surface area (Å²) >= 11 is 5.84. The average Bonchev–Trinajstić information content (AvgIpc) is 2.37. The Morgan fingerprint density at radius 3 is 2.27 bits per heavy atom. The maximum absolute atomic E-state index is 12.1. The number of aliphatic carboxylic acids is 1. The summed E-state index contributed by atoms with van der Waals surface area (Å²) in [6, 6.07) is 6.62. The number of carbonyl (C=O) groups excluding carboxylic acids is 1. The zero-order valence-electron chi connectivity index (χ0n) is 13.3. The number of hydrogen-bond acceptors (Lipinski definition) is 3. The van der Waals surface area contributed by atoms with Gasteiger partial charge in [0.15, 0.2) is 0 Å². The lowest BCUT2D eigenvalue weighted by Gasteiger charge is -2.30. The van der Waals surface area contributed by atoms with Crippen LogP contribution in [0.5, 0.6) is 0 Å². The first-order valence-corrected chi connectivity index (χ1v) is 7.38. The molecule has 1 unspecified atom stereocenters. The number of hydrogen-bond donors (Lipinski definition) is 1. The predicted molar refractivity (Wildman–Crippen MR) is 85.2 cm³/mol. The monoisotopic (exact) mass is 327 g/mol. The molecule has 5 nitrogen and oxygen atoms in total. The predicted octanol–water partition coefficient (Wildman–Crippen LogP) is 3.59. The van der Waals surface area contributed by atoms with Crippen LogP contribution < -0.4 is 0 Å². The van der Waals surface area contributed by atoms with Crippen LogP contribution in [0.4, 0.5) is 4.79 Å². The topological polar surface area (TPSA) is 66.8 Å². The van der Waals surface area contributed by atoms with Gasteiger partial charge in [0.05, 0.1) is 6.42 Å². The SMILES string of the molecule is CN(C(=O)OC(C)(C)C)C(CC(=O)O)Cc1ccc(Cl)cc1. The molecule has 1 rings (SSSR count). The standard InChI is InChI=1S/C16H22ClNO4/c1-16(2,3)22-15(21)18(4)13(10-14(19)20)9-11-5-7-12(17)8-6-11/h5-8,13H,9-10H2,1-4H3,(H,19,20). The summed E-state index contributed by atoms with van der Waals surface area (Å²) in [5.41, 5.74) is 0.283. The van der Waals surface area contributed by atoms with Crippen molar-refractivity contribution in [1.82, 2.24) is 4.90 Å². The highest BCUT2D eigenvalue weighted by atomic mass is 35.5. The minimum Gasteiger partial charge on any atom is -0.481 e. The van der Waals surface area contributed by atoms with Crippen LogP contribution in [0.15, 0.2) is 24.3 Å². The van der Waals surface area contributed by atoms with Gasteiger partial charge in [-0.25, -0.2) is 4.79 Å². The number of amides is 1. The van der Waals surface area contributed by atoms with Crippen LogP contribution in [0.2, 0.25) is 5.02 Å². The highest BCUT2D eigenvalue weighted by Gasteiger charge is 2.27. The van der Waals surface area contributed by atoms with Gasteiger partial charge in [0.2, 0.25) is 0 Å². The molecule has 0 aliphatic carbocycles. The van der Waals surface area contributed by atoms with Gasteiger partial charge in [-0.2, -0.15) is 0 Å². The van der Waals surface area contributed by atoms with E-state index in [9.17, 15) is 9.59 Å². The molecular weight excluding hydrogens is 306 g/mol. The van der Waals surface area contributed by atoms with Gasteiger partial charge >= 0.3 is 12.1 Å². The van der Waals surface area contributed by atoms with Crippen molar-refractivity contribution in [2.75, 3.05) is 7.05 Å². The molecule has 1 aromatic rings. The van der Waals surface area contributed by atoms with Gasteiger partial charge in [0, 0.05) is 18.1 Å². The summed E-state index contributed by atoms with van der Waals surface area (Å²) in [5.74, 6) is -0.964. The van der Waals surface area contributed by atoms with E-state index in [0.29, 0.717) is 11.4 Å². The first-order valence-electron chi connectivity index (χ1n) is 7.00. The molecule has 0 spiro atoms. The first kappa shape index (κ1) is 18.3. The van der Waals surface area contributed by atoms with Gasteiger partial charge in [-0.3, -0.25) is 4.79 Å². The van der Waals surface area contributed by atoms with Gasteiger partial charge in [0.25, 0.3) is 0 Å². The number of halogens is 1. The van der Waals surface area contributed by atoms with Crippen molar-refractivity contribution in [3.8, 4) is 0 Å². The quantitative estimate of drug-likeness (QED) is 0.897. The van der Waals surface area contributed by atoms with Crippen LogP contribution in [0.25, 0.3) is 0 Å². The molecule has 122 valence electrons. The number of rotatable bonds is 5. The van der Waals surface area contributed by atoms with Crippen LogP contribution in [0.1, 0.15) is 32.8 Å². The Morgan fingerprint density at radius 1 is 1.27 bits per heavy atom. The summed E-state index contributed by atoms with van der Waals surface area (Å²) in [5, 5.41) is 9.68. The summed E-state index contributed by atoms with van der Waals surface area (Å²) in [4.78, 5) is 24.5. The lowest BCUT2D eigenvalue weighted by molar-refractivity contribution is -0.138. The minimum absolute atomic E-state index is 0.154. The van der Waals surface area contributed by atoms with Gasteiger partial charge in [0.1, 0.15) is 5.60 Å². The second-order valence-electron chi connectivity index (χ2n) is 6.17. The lowest BCUT2D eigenvalue weighted by atomic mass is 10.0. The van der Waals surface area contributed by atoms with Crippen LogP contribution in [-0.4, -0.2) is 40.8 Å². The summed E-state index contributed by atoms with van der Waals surface area (Å²) in [6.07, 6.45) is -0.273. The van der Waals surface area contributed by atoms with E-state index in [1.165, 1.54) is 4.90 Å².